The zero-order valence-corrected chi connectivity index (χ0v) is 11.4. The lowest BCUT2D eigenvalue weighted by Gasteiger charge is -2.27. The van der Waals surface area contributed by atoms with Crippen LogP contribution < -0.4 is 16.0 Å². The maximum atomic E-state index is 12.2. The van der Waals surface area contributed by atoms with Gasteiger partial charge in [-0.25, -0.2) is 0 Å². The van der Waals surface area contributed by atoms with Gasteiger partial charge in [0.1, 0.15) is 6.04 Å². The molecule has 1 amide bonds. The van der Waals surface area contributed by atoms with E-state index in [1.807, 2.05) is 12.1 Å². The summed E-state index contributed by atoms with van der Waals surface area (Å²) >= 11 is 0. The Hall–Kier alpha value is -2.04. The summed E-state index contributed by atoms with van der Waals surface area (Å²) < 4.78 is 0. The maximum absolute atomic E-state index is 12.2. The number of benzene rings is 1. The molecule has 0 saturated carbocycles. The first-order valence-electron chi connectivity index (χ1n) is 6.49. The van der Waals surface area contributed by atoms with Crippen LogP contribution in [0.2, 0.25) is 0 Å². The van der Waals surface area contributed by atoms with Gasteiger partial charge in [0.2, 0.25) is 5.91 Å². The minimum absolute atomic E-state index is 0.0798. The van der Waals surface area contributed by atoms with Crippen molar-refractivity contribution < 1.29 is 4.79 Å². The van der Waals surface area contributed by atoms with Crippen LogP contribution in [0.5, 0.6) is 0 Å². The van der Waals surface area contributed by atoms with Crippen molar-refractivity contribution in [2.24, 2.45) is 10.7 Å². The number of nitrogens with zero attached hydrogens (tertiary/aromatic N) is 2. The molecule has 0 bridgehead atoms. The van der Waals surface area contributed by atoms with Gasteiger partial charge in [-0.15, -0.1) is 0 Å². The van der Waals surface area contributed by atoms with Crippen LogP contribution >= 0.6 is 0 Å². The van der Waals surface area contributed by atoms with Gasteiger partial charge in [-0.05, 0) is 31.4 Å². The highest BCUT2D eigenvalue weighted by atomic mass is 16.2. The van der Waals surface area contributed by atoms with Crippen LogP contribution in [-0.2, 0) is 4.79 Å². The molecule has 5 nitrogen and oxygen atoms in total. The van der Waals surface area contributed by atoms with E-state index < -0.39 is 0 Å². The standard InChI is InChI=1S/C14H20N4O/c1-10-6-3-4-7-11(10)18-9-5-8-12(18)13(19)17-14(15)16-2/h3-4,6-7,12H,5,8-9H2,1-2H3,(H3,15,16,17,19). The lowest BCUT2D eigenvalue weighted by molar-refractivity contribution is -0.120. The number of carbonyl (C=O) groups is 1. The summed E-state index contributed by atoms with van der Waals surface area (Å²) in [5.41, 5.74) is 7.85. The van der Waals surface area contributed by atoms with Crippen molar-refractivity contribution in [2.45, 2.75) is 25.8 Å². The quantitative estimate of drug-likeness (QED) is 0.616. The van der Waals surface area contributed by atoms with Crippen LogP contribution in [0.25, 0.3) is 0 Å². The number of guanidine groups is 1. The second kappa shape index (κ2) is 5.73. The smallest absolute Gasteiger partial charge is 0.249 e. The zero-order valence-electron chi connectivity index (χ0n) is 11.4. The number of hydrogen-bond acceptors (Lipinski definition) is 3. The average Bonchev–Trinajstić information content (AvgIpc) is 2.88. The molecule has 1 aromatic carbocycles. The Balaban J connectivity index is 2.18. The molecule has 1 saturated heterocycles. The Bertz CT molecular complexity index is 498. The molecule has 5 heteroatoms. The number of aryl methyl sites for hydroxylation is 1. The first-order chi connectivity index (χ1) is 9.13. The minimum Gasteiger partial charge on any atom is -0.370 e. The van der Waals surface area contributed by atoms with Gasteiger partial charge in [0, 0.05) is 19.3 Å². The first kappa shape index (κ1) is 13.4. The number of carbonyl (C=O) groups excluding carboxylic acids is 1. The Morgan fingerprint density at radius 1 is 1.47 bits per heavy atom. The second-order valence-corrected chi connectivity index (χ2v) is 4.74. The summed E-state index contributed by atoms with van der Waals surface area (Å²) in [4.78, 5) is 18.1. The van der Waals surface area contributed by atoms with E-state index in [0.29, 0.717) is 0 Å². The molecule has 1 atom stereocenters. The van der Waals surface area contributed by atoms with Crippen LogP contribution in [0.1, 0.15) is 18.4 Å². The molecule has 1 aliphatic heterocycles. The SMILES string of the molecule is CN=C(N)NC(=O)C1CCCN1c1ccccc1C. The van der Waals surface area contributed by atoms with E-state index in [9.17, 15) is 4.79 Å². The van der Waals surface area contributed by atoms with Crippen LogP contribution in [0.15, 0.2) is 29.3 Å². The Morgan fingerprint density at radius 3 is 2.89 bits per heavy atom. The highest BCUT2D eigenvalue weighted by Crippen LogP contribution is 2.28. The van der Waals surface area contributed by atoms with Gasteiger partial charge in [0.25, 0.3) is 0 Å². The molecule has 1 fully saturated rings. The predicted octanol–water partition coefficient (Wildman–Crippen LogP) is 1.02. The van der Waals surface area contributed by atoms with Crippen LogP contribution in [-0.4, -0.2) is 31.5 Å². The lowest BCUT2D eigenvalue weighted by Crippen LogP contribution is -2.48. The molecule has 0 spiro atoms. The van der Waals surface area contributed by atoms with Crippen molar-refractivity contribution in [3.8, 4) is 0 Å². The van der Waals surface area contributed by atoms with Gasteiger partial charge in [0.15, 0.2) is 5.96 Å². The molecule has 0 aliphatic carbocycles. The largest absolute Gasteiger partial charge is 0.370 e. The van der Waals surface area contributed by atoms with Crippen molar-refractivity contribution >= 4 is 17.6 Å². The summed E-state index contributed by atoms with van der Waals surface area (Å²) in [6.07, 6.45) is 1.85. The molecular formula is C14H20N4O. The van der Waals surface area contributed by atoms with Crippen molar-refractivity contribution in [1.29, 1.82) is 0 Å². The van der Waals surface area contributed by atoms with Crippen molar-refractivity contribution in [1.82, 2.24) is 5.32 Å². The average molecular weight is 260 g/mol. The van der Waals surface area contributed by atoms with E-state index in [0.717, 1.165) is 25.1 Å². The Labute approximate surface area is 113 Å². The van der Waals surface area contributed by atoms with Crippen LogP contribution in [0.3, 0.4) is 0 Å². The fourth-order valence-electron chi connectivity index (χ4n) is 2.48. The molecule has 0 aromatic heterocycles. The lowest BCUT2D eigenvalue weighted by atomic mass is 10.1. The number of rotatable bonds is 2. The molecule has 0 radical (unpaired) electrons. The molecule has 1 unspecified atom stereocenters. The summed E-state index contributed by atoms with van der Waals surface area (Å²) in [5.74, 6) is 0.0884. The summed E-state index contributed by atoms with van der Waals surface area (Å²) in [6.45, 7) is 2.95. The van der Waals surface area contributed by atoms with E-state index in [1.165, 1.54) is 5.56 Å². The Morgan fingerprint density at radius 2 is 2.21 bits per heavy atom. The van der Waals surface area contributed by atoms with Gasteiger partial charge in [0.05, 0.1) is 0 Å². The van der Waals surface area contributed by atoms with E-state index in [1.54, 1.807) is 7.05 Å². The van der Waals surface area contributed by atoms with Crippen molar-refractivity contribution in [2.75, 3.05) is 18.5 Å². The highest BCUT2D eigenvalue weighted by Gasteiger charge is 2.31. The number of nitrogens with one attached hydrogen (secondary N) is 1. The normalized spacial score (nSPS) is 19.6. The first-order valence-corrected chi connectivity index (χ1v) is 6.49. The third-order valence-electron chi connectivity index (χ3n) is 3.47. The third-order valence-corrected chi connectivity index (χ3v) is 3.47. The van der Waals surface area contributed by atoms with Crippen molar-refractivity contribution in [3.63, 3.8) is 0 Å². The second-order valence-electron chi connectivity index (χ2n) is 4.74. The molecule has 1 heterocycles. The number of anilines is 1. The predicted molar refractivity (Wildman–Crippen MR) is 77.2 cm³/mol. The summed E-state index contributed by atoms with van der Waals surface area (Å²) in [5, 5.41) is 2.64. The van der Waals surface area contributed by atoms with Gasteiger partial charge < -0.3 is 10.6 Å². The number of nitrogens with two attached hydrogens (primary N) is 1. The number of hydrogen-bond donors (Lipinski definition) is 2. The Kier molecular flexibility index (Phi) is 4.04. The topological polar surface area (TPSA) is 70.7 Å². The zero-order chi connectivity index (χ0) is 13.8. The summed E-state index contributed by atoms with van der Waals surface area (Å²) in [7, 11) is 1.56. The van der Waals surface area contributed by atoms with E-state index in [4.69, 9.17) is 5.73 Å². The van der Waals surface area contributed by atoms with E-state index in [-0.39, 0.29) is 17.9 Å². The fourth-order valence-corrected chi connectivity index (χ4v) is 2.48. The summed E-state index contributed by atoms with van der Waals surface area (Å²) in [6, 6.07) is 7.95. The van der Waals surface area contributed by atoms with Crippen LogP contribution in [0, 0.1) is 6.92 Å². The fraction of sp³-hybridized carbons (Fsp3) is 0.429. The molecule has 19 heavy (non-hydrogen) atoms. The maximum Gasteiger partial charge on any atom is 0.249 e. The molecular weight excluding hydrogens is 240 g/mol. The molecule has 2 rings (SSSR count). The van der Waals surface area contributed by atoms with Crippen LogP contribution in [0.4, 0.5) is 5.69 Å². The molecule has 3 N–H and O–H groups in total. The molecule has 102 valence electrons. The number of para-hydroxylation sites is 1. The van der Waals surface area contributed by atoms with Gasteiger partial charge in [-0.3, -0.25) is 15.1 Å². The van der Waals surface area contributed by atoms with Gasteiger partial charge in [-0.2, -0.15) is 0 Å². The number of aliphatic imine (C=N–C) groups is 1. The van der Waals surface area contributed by atoms with Crippen molar-refractivity contribution in [3.05, 3.63) is 29.8 Å². The molecule has 1 aliphatic rings. The molecule has 1 aromatic rings. The van der Waals surface area contributed by atoms with Gasteiger partial charge in [-0.1, -0.05) is 18.2 Å². The van der Waals surface area contributed by atoms with E-state index >= 15 is 0 Å². The van der Waals surface area contributed by atoms with Gasteiger partial charge >= 0.3 is 0 Å². The number of amides is 1. The monoisotopic (exact) mass is 260 g/mol. The minimum atomic E-state index is -0.165. The highest BCUT2D eigenvalue weighted by molar-refractivity contribution is 6.00. The van der Waals surface area contributed by atoms with E-state index in [2.05, 4.69) is 34.3 Å². The third kappa shape index (κ3) is 2.86.